The van der Waals surface area contributed by atoms with Crippen molar-refractivity contribution >= 4 is 16.6 Å². The van der Waals surface area contributed by atoms with Crippen molar-refractivity contribution in [2.75, 3.05) is 5.32 Å². The van der Waals surface area contributed by atoms with Gasteiger partial charge in [-0.15, -0.1) is 0 Å². The summed E-state index contributed by atoms with van der Waals surface area (Å²) in [6.07, 6.45) is 1.08. The number of pyridine rings is 1. The number of nitrogens with one attached hydrogen (secondary N) is 1. The number of hydrogen-bond donors (Lipinski definition) is 1. The molecule has 100 valence electrons. The molecule has 1 heterocycles. The third kappa shape index (κ3) is 2.80. The van der Waals surface area contributed by atoms with E-state index in [9.17, 15) is 0 Å². The van der Waals surface area contributed by atoms with E-state index < -0.39 is 0 Å². The molecule has 1 aromatic heterocycles. The van der Waals surface area contributed by atoms with E-state index in [-0.39, 0.29) is 0 Å². The number of rotatable bonds is 4. The van der Waals surface area contributed by atoms with Crippen LogP contribution < -0.4 is 5.32 Å². The lowest BCUT2D eigenvalue weighted by Crippen LogP contribution is -2.01. The molecule has 3 aromatic rings. The molecular weight excluding hydrogens is 244 g/mol. The number of aryl methyl sites for hydroxylation is 1. The van der Waals surface area contributed by atoms with Gasteiger partial charge in [-0.25, -0.2) is 0 Å². The molecule has 2 heteroatoms. The fourth-order valence-corrected chi connectivity index (χ4v) is 2.26. The van der Waals surface area contributed by atoms with Crippen molar-refractivity contribution in [3.05, 3.63) is 71.9 Å². The molecule has 0 aliphatic carbocycles. The Morgan fingerprint density at radius 3 is 2.50 bits per heavy atom. The van der Waals surface area contributed by atoms with Crippen LogP contribution in [0.25, 0.3) is 10.9 Å². The van der Waals surface area contributed by atoms with Crippen LogP contribution in [0.4, 0.5) is 5.69 Å². The molecule has 0 fully saturated rings. The van der Waals surface area contributed by atoms with Crippen molar-refractivity contribution in [1.29, 1.82) is 0 Å². The summed E-state index contributed by atoms with van der Waals surface area (Å²) in [5.74, 6) is 0. The number of benzene rings is 2. The Bertz CT molecular complexity index is 702. The van der Waals surface area contributed by atoms with Gasteiger partial charge in [0, 0.05) is 11.1 Å². The monoisotopic (exact) mass is 262 g/mol. The molecule has 0 spiro atoms. The zero-order valence-corrected chi connectivity index (χ0v) is 11.6. The zero-order chi connectivity index (χ0) is 13.8. The fourth-order valence-electron chi connectivity index (χ4n) is 2.26. The molecule has 1 N–H and O–H groups in total. The standard InChI is InChI=1S/C18H18N2/c1-2-14-7-10-16(11-8-14)19-13-17-12-9-15-5-3-4-6-18(15)20-17/h3-12,19H,2,13H2,1H3. The quantitative estimate of drug-likeness (QED) is 0.753. The number of hydrogen-bond acceptors (Lipinski definition) is 2. The summed E-state index contributed by atoms with van der Waals surface area (Å²) in [6, 6.07) is 21.0. The van der Waals surface area contributed by atoms with Crippen LogP contribution in [0.5, 0.6) is 0 Å². The average molecular weight is 262 g/mol. The normalized spacial score (nSPS) is 10.7. The first kappa shape index (κ1) is 12.7. The molecule has 0 unspecified atom stereocenters. The van der Waals surface area contributed by atoms with Gasteiger partial charge in [0.05, 0.1) is 17.8 Å². The number of nitrogens with zero attached hydrogens (tertiary/aromatic N) is 1. The molecule has 3 rings (SSSR count). The summed E-state index contributed by atoms with van der Waals surface area (Å²) in [7, 11) is 0. The molecule has 20 heavy (non-hydrogen) atoms. The minimum absolute atomic E-state index is 0.746. The molecule has 0 aliphatic heterocycles. The van der Waals surface area contributed by atoms with Gasteiger partial charge < -0.3 is 5.32 Å². The van der Waals surface area contributed by atoms with Crippen LogP contribution >= 0.6 is 0 Å². The first-order chi connectivity index (χ1) is 9.85. The average Bonchev–Trinajstić information content (AvgIpc) is 2.53. The van der Waals surface area contributed by atoms with Gasteiger partial charge in [-0.1, -0.05) is 43.3 Å². The number of anilines is 1. The largest absolute Gasteiger partial charge is 0.379 e. The van der Waals surface area contributed by atoms with Crippen LogP contribution in [0, 0.1) is 0 Å². The van der Waals surface area contributed by atoms with Gasteiger partial charge in [0.15, 0.2) is 0 Å². The highest BCUT2D eigenvalue weighted by atomic mass is 14.9. The minimum atomic E-state index is 0.746. The van der Waals surface area contributed by atoms with Gasteiger partial charge in [-0.3, -0.25) is 4.98 Å². The van der Waals surface area contributed by atoms with Gasteiger partial charge in [-0.2, -0.15) is 0 Å². The van der Waals surface area contributed by atoms with Crippen LogP contribution in [0.15, 0.2) is 60.7 Å². The van der Waals surface area contributed by atoms with Gasteiger partial charge in [0.1, 0.15) is 0 Å². The molecule has 0 saturated carbocycles. The number of aromatic nitrogens is 1. The lowest BCUT2D eigenvalue weighted by Gasteiger charge is -2.07. The summed E-state index contributed by atoms with van der Waals surface area (Å²) in [5, 5.41) is 4.60. The molecule has 0 amide bonds. The molecule has 0 saturated heterocycles. The Labute approximate surface area is 119 Å². The highest BCUT2D eigenvalue weighted by molar-refractivity contribution is 5.78. The van der Waals surface area contributed by atoms with Crippen LogP contribution in [-0.4, -0.2) is 4.98 Å². The Hall–Kier alpha value is -2.35. The van der Waals surface area contributed by atoms with E-state index in [1.807, 2.05) is 12.1 Å². The van der Waals surface area contributed by atoms with Crippen molar-refractivity contribution in [3.8, 4) is 0 Å². The Morgan fingerprint density at radius 1 is 0.900 bits per heavy atom. The van der Waals surface area contributed by atoms with E-state index >= 15 is 0 Å². The topological polar surface area (TPSA) is 24.9 Å². The van der Waals surface area contributed by atoms with Gasteiger partial charge >= 0.3 is 0 Å². The van der Waals surface area contributed by atoms with Crippen molar-refractivity contribution in [2.45, 2.75) is 19.9 Å². The summed E-state index contributed by atoms with van der Waals surface area (Å²) >= 11 is 0. The molecular formula is C18H18N2. The maximum absolute atomic E-state index is 4.66. The summed E-state index contributed by atoms with van der Waals surface area (Å²) < 4.78 is 0. The second-order valence-corrected chi connectivity index (χ2v) is 4.90. The predicted octanol–water partition coefficient (Wildman–Crippen LogP) is 4.41. The minimum Gasteiger partial charge on any atom is -0.379 e. The summed E-state index contributed by atoms with van der Waals surface area (Å²) in [6.45, 7) is 2.91. The molecule has 2 nitrogen and oxygen atoms in total. The predicted molar refractivity (Wildman–Crippen MR) is 84.9 cm³/mol. The molecule has 0 aliphatic rings. The maximum atomic E-state index is 4.66. The van der Waals surface area contributed by atoms with E-state index in [1.165, 1.54) is 10.9 Å². The molecule has 0 bridgehead atoms. The second-order valence-electron chi connectivity index (χ2n) is 4.90. The van der Waals surface area contributed by atoms with E-state index in [2.05, 4.69) is 65.8 Å². The molecule has 0 radical (unpaired) electrons. The third-order valence-electron chi connectivity index (χ3n) is 3.49. The van der Waals surface area contributed by atoms with Gasteiger partial charge in [0.2, 0.25) is 0 Å². The van der Waals surface area contributed by atoms with E-state index in [0.29, 0.717) is 0 Å². The summed E-state index contributed by atoms with van der Waals surface area (Å²) in [5.41, 5.74) is 4.60. The first-order valence-electron chi connectivity index (χ1n) is 7.02. The highest BCUT2D eigenvalue weighted by Crippen LogP contribution is 2.14. The van der Waals surface area contributed by atoms with Crippen molar-refractivity contribution in [3.63, 3.8) is 0 Å². The second kappa shape index (κ2) is 5.74. The van der Waals surface area contributed by atoms with E-state index in [1.54, 1.807) is 0 Å². The van der Waals surface area contributed by atoms with Gasteiger partial charge in [0.25, 0.3) is 0 Å². The first-order valence-corrected chi connectivity index (χ1v) is 7.02. The number of fused-ring (bicyclic) bond motifs is 1. The van der Waals surface area contributed by atoms with Crippen LogP contribution in [0.1, 0.15) is 18.2 Å². The van der Waals surface area contributed by atoms with Crippen LogP contribution in [-0.2, 0) is 13.0 Å². The maximum Gasteiger partial charge on any atom is 0.0706 e. The van der Waals surface area contributed by atoms with E-state index in [4.69, 9.17) is 0 Å². The molecule has 0 atom stereocenters. The Morgan fingerprint density at radius 2 is 1.70 bits per heavy atom. The van der Waals surface area contributed by atoms with E-state index in [0.717, 1.165) is 29.9 Å². The zero-order valence-electron chi connectivity index (χ0n) is 11.6. The third-order valence-corrected chi connectivity index (χ3v) is 3.49. The van der Waals surface area contributed by atoms with Crippen molar-refractivity contribution < 1.29 is 0 Å². The molecule has 2 aromatic carbocycles. The SMILES string of the molecule is CCc1ccc(NCc2ccc3ccccc3n2)cc1. The Balaban J connectivity index is 1.72. The fraction of sp³-hybridized carbons (Fsp3) is 0.167. The lowest BCUT2D eigenvalue weighted by molar-refractivity contribution is 1.06. The summed E-state index contributed by atoms with van der Waals surface area (Å²) in [4.78, 5) is 4.66. The van der Waals surface area contributed by atoms with Crippen molar-refractivity contribution in [1.82, 2.24) is 4.98 Å². The number of para-hydroxylation sites is 1. The van der Waals surface area contributed by atoms with Gasteiger partial charge in [-0.05, 0) is 36.2 Å². The van der Waals surface area contributed by atoms with Crippen molar-refractivity contribution in [2.24, 2.45) is 0 Å². The van der Waals surface area contributed by atoms with Crippen LogP contribution in [0.3, 0.4) is 0 Å². The Kier molecular flexibility index (Phi) is 3.64. The smallest absolute Gasteiger partial charge is 0.0706 e. The highest BCUT2D eigenvalue weighted by Gasteiger charge is 1.98. The van der Waals surface area contributed by atoms with Crippen LogP contribution in [0.2, 0.25) is 0 Å². The lowest BCUT2D eigenvalue weighted by atomic mass is 10.1.